The van der Waals surface area contributed by atoms with Gasteiger partial charge in [-0.15, -0.1) is 0 Å². The number of hydrogen-bond acceptors (Lipinski definition) is 6. The van der Waals surface area contributed by atoms with Gasteiger partial charge in [0, 0.05) is 19.3 Å². The van der Waals surface area contributed by atoms with Crippen LogP contribution < -0.4 is 0 Å². The minimum atomic E-state index is -0.821. The molecule has 0 saturated heterocycles. The van der Waals surface area contributed by atoms with Gasteiger partial charge in [-0.3, -0.25) is 14.4 Å². The molecule has 1 unspecified atom stereocenters. The quantitative estimate of drug-likeness (QED) is 0.0261. The lowest BCUT2D eigenvalue weighted by atomic mass is 10.0. The first-order chi connectivity index (χ1) is 38.5. The highest BCUT2D eigenvalue weighted by Crippen LogP contribution is 2.15. The Bertz CT molecular complexity index is 1710. The Labute approximate surface area is 480 Å². The van der Waals surface area contributed by atoms with Crippen molar-refractivity contribution in [3.05, 3.63) is 146 Å². The van der Waals surface area contributed by atoms with Crippen LogP contribution in [0.4, 0.5) is 0 Å². The minimum absolute atomic E-state index is 0.110. The van der Waals surface area contributed by atoms with Crippen molar-refractivity contribution in [2.24, 2.45) is 0 Å². The molecule has 0 aliphatic rings. The summed E-state index contributed by atoms with van der Waals surface area (Å²) in [4.78, 5) is 38.1. The second kappa shape index (κ2) is 64.8. The maximum atomic E-state index is 12.8. The van der Waals surface area contributed by atoms with Crippen molar-refractivity contribution >= 4 is 17.9 Å². The van der Waals surface area contributed by atoms with Gasteiger partial charge in [-0.2, -0.15) is 0 Å². The highest BCUT2D eigenvalue weighted by molar-refractivity contribution is 5.71. The van der Waals surface area contributed by atoms with Crippen molar-refractivity contribution in [2.75, 3.05) is 13.2 Å². The van der Waals surface area contributed by atoms with Crippen molar-refractivity contribution in [1.29, 1.82) is 0 Å². The van der Waals surface area contributed by atoms with Gasteiger partial charge in [-0.25, -0.2) is 0 Å². The molecule has 0 aliphatic heterocycles. The molecule has 440 valence electrons. The molecule has 6 heteroatoms. The van der Waals surface area contributed by atoms with E-state index in [1.165, 1.54) is 109 Å². The first-order valence-electron chi connectivity index (χ1n) is 31.8. The van der Waals surface area contributed by atoms with E-state index in [4.69, 9.17) is 14.2 Å². The zero-order valence-corrected chi connectivity index (χ0v) is 50.4. The lowest BCUT2D eigenvalue weighted by Gasteiger charge is -2.18. The molecular formula is C72H116O6. The van der Waals surface area contributed by atoms with Crippen LogP contribution in [-0.4, -0.2) is 37.2 Å². The third-order valence-corrected chi connectivity index (χ3v) is 13.1. The van der Waals surface area contributed by atoms with Crippen molar-refractivity contribution in [2.45, 2.75) is 277 Å². The summed E-state index contributed by atoms with van der Waals surface area (Å²) in [6, 6.07) is 0. The summed E-state index contributed by atoms with van der Waals surface area (Å²) in [7, 11) is 0. The first-order valence-corrected chi connectivity index (χ1v) is 31.8. The molecule has 0 fully saturated rings. The van der Waals surface area contributed by atoms with Crippen LogP contribution in [0.5, 0.6) is 0 Å². The van der Waals surface area contributed by atoms with Crippen LogP contribution in [-0.2, 0) is 28.6 Å². The summed E-state index contributed by atoms with van der Waals surface area (Å²) in [6.45, 7) is 6.32. The van der Waals surface area contributed by atoms with E-state index in [1.54, 1.807) is 0 Å². The van der Waals surface area contributed by atoms with E-state index in [0.29, 0.717) is 19.3 Å². The molecule has 78 heavy (non-hydrogen) atoms. The maximum absolute atomic E-state index is 12.8. The zero-order chi connectivity index (χ0) is 56.4. The van der Waals surface area contributed by atoms with E-state index >= 15 is 0 Å². The summed E-state index contributed by atoms with van der Waals surface area (Å²) < 4.78 is 16.8. The smallest absolute Gasteiger partial charge is 0.306 e. The van der Waals surface area contributed by atoms with Crippen molar-refractivity contribution < 1.29 is 28.6 Å². The summed E-state index contributed by atoms with van der Waals surface area (Å²) in [5, 5.41) is 0. The Kier molecular flexibility index (Phi) is 60.9. The van der Waals surface area contributed by atoms with Crippen LogP contribution in [0.25, 0.3) is 0 Å². The minimum Gasteiger partial charge on any atom is -0.462 e. The number of carbonyl (C=O) groups excluding carboxylic acids is 3. The highest BCUT2D eigenvalue weighted by atomic mass is 16.6. The SMILES string of the molecule is CC/C=C\C/C=C\C/C=C\C/C=C\C/C=C\C/C=C\CCCCCCCCCCCCCCCCC(=O)OCC(COC(=O)CCCCCCCCCC)OC(=O)CC/C=C\C/C=C\C/C=C\C/C=C\C/C=C\C/C=C\CC. The first kappa shape index (κ1) is 73.3. The van der Waals surface area contributed by atoms with Crippen molar-refractivity contribution in [1.82, 2.24) is 0 Å². The van der Waals surface area contributed by atoms with E-state index in [9.17, 15) is 14.4 Å². The average molecular weight is 1080 g/mol. The molecule has 0 heterocycles. The number of unbranched alkanes of at least 4 members (excludes halogenated alkanes) is 21. The van der Waals surface area contributed by atoms with Gasteiger partial charge >= 0.3 is 17.9 Å². The molecule has 6 nitrogen and oxygen atoms in total. The van der Waals surface area contributed by atoms with Crippen LogP contribution in [0.3, 0.4) is 0 Å². The number of carbonyl (C=O) groups is 3. The number of allylic oxidation sites excluding steroid dienone is 24. The molecular weight excluding hydrogens is 961 g/mol. The third kappa shape index (κ3) is 62.1. The van der Waals surface area contributed by atoms with Gasteiger partial charge < -0.3 is 14.2 Å². The molecule has 0 spiro atoms. The van der Waals surface area contributed by atoms with Crippen LogP contribution in [0.1, 0.15) is 271 Å². The lowest BCUT2D eigenvalue weighted by Crippen LogP contribution is -2.30. The maximum Gasteiger partial charge on any atom is 0.306 e. The zero-order valence-electron chi connectivity index (χ0n) is 50.4. The van der Waals surface area contributed by atoms with E-state index in [-0.39, 0.29) is 31.6 Å². The number of hydrogen-bond donors (Lipinski definition) is 0. The second-order valence-corrected chi connectivity index (χ2v) is 20.6. The Morgan fingerprint density at radius 2 is 0.526 bits per heavy atom. The Hall–Kier alpha value is -4.71. The van der Waals surface area contributed by atoms with Gasteiger partial charge in [0.1, 0.15) is 13.2 Å². The fraction of sp³-hybridized carbons (Fsp3) is 0.625. The van der Waals surface area contributed by atoms with E-state index in [1.807, 2.05) is 6.08 Å². The molecule has 0 aromatic rings. The predicted molar refractivity (Wildman–Crippen MR) is 339 cm³/mol. The summed E-state index contributed by atoms with van der Waals surface area (Å²) in [5.74, 6) is -1.00. The monoisotopic (exact) mass is 1080 g/mol. The molecule has 0 saturated carbocycles. The molecule has 0 N–H and O–H groups in total. The average Bonchev–Trinajstić information content (AvgIpc) is 3.44. The fourth-order valence-electron chi connectivity index (χ4n) is 8.41. The molecule has 0 bridgehead atoms. The van der Waals surface area contributed by atoms with Crippen LogP contribution >= 0.6 is 0 Å². The topological polar surface area (TPSA) is 78.9 Å². The summed E-state index contributed by atoms with van der Waals surface area (Å²) in [6.07, 6.45) is 93.2. The van der Waals surface area contributed by atoms with Crippen molar-refractivity contribution in [3.63, 3.8) is 0 Å². The molecule has 0 radical (unpaired) electrons. The van der Waals surface area contributed by atoms with Gasteiger partial charge in [0.05, 0.1) is 0 Å². The molecule has 0 aromatic carbocycles. The summed E-state index contributed by atoms with van der Waals surface area (Å²) >= 11 is 0. The molecule has 0 aliphatic carbocycles. The van der Waals surface area contributed by atoms with E-state index < -0.39 is 12.1 Å². The number of esters is 3. The highest BCUT2D eigenvalue weighted by Gasteiger charge is 2.19. The van der Waals surface area contributed by atoms with Gasteiger partial charge in [0.2, 0.25) is 0 Å². The molecule has 0 amide bonds. The molecule has 0 rings (SSSR count). The Morgan fingerprint density at radius 3 is 0.833 bits per heavy atom. The standard InChI is InChI=1S/C72H116O6/c1-4-7-10-13-16-19-21-23-25-27-29-30-31-32-33-34-35-36-37-38-39-40-41-42-44-45-47-49-51-53-56-59-62-65-71(74)77-68-69(67-76-70(73)64-61-58-55-18-15-12-9-6-3)78-72(75)66-63-60-57-54-52-50-48-46-43-28-26-24-22-20-17-14-11-8-5-2/h7-8,10-11,16-17,19-20,23-26,29-30,32-33,35-36,43,46,50,52,57,60,69H,4-6,9,12-15,18,21-22,27-28,31,34,37-42,44-45,47-49,51,53-56,58-59,61-68H2,1-3H3/b10-7-,11-8-,19-16-,20-17-,25-23-,26-24-,30-29-,33-32-,36-35-,46-43-,52-50-,60-57-. The lowest BCUT2D eigenvalue weighted by molar-refractivity contribution is -0.166. The fourth-order valence-corrected chi connectivity index (χ4v) is 8.41. The predicted octanol–water partition coefficient (Wildman–Crippen LogP) is 21.9. The Balaban J connectivity index is 4.20. The van der Waals surface area contributed by atoms with Gasteiger partial charge in [-0.1, -0.05) is 289 Å². The summed E-state index contributed by atoms with van der Waals surface area (Å²) in [5.41, 5.74) is 0. The van der Waals surface area contributed by atoms with Crippen LogP contribution in [0.2, 0.25) is 0 Å². The third-order valence-electron chi connectivity index (χ3n) is 13.1. The Morgan fingerprint density at radius 1 is 0.269 bits per heavy atom. The van der Waals surface area contributed by atoms with Gasteiger partial charge in [0.25, 0.3) is 0 Å². The van der Waals surface area contributed by atoms with Gasteiger partial charge in [-0.05, 0) is 109 Å². The van der Waals surface area contributed by atoms with Crippen LogP contribution in [0, 0.1) is 0 Å². The number of ether oxygens (including phenoxy) is 3. The largest absolute Gasteiger partial charge is 0.462 e. The molecule has 1 atom stereocenters. The van der Waals surface area contributed by atoms with Gasteiger partial charge in [0.15, 0.2) is 6.10 Å². The van der Waals surface area contributed by atoms with E-state index in [0.717, 1.165) is 116 Å². The van der Waals surface area contributed by atoms with Crippen LogP contribution in [0.15, 0.2) is 146 Å². The molecule has 0 aromatic heterocycles. The number of rotatable bonds is 56. The normalized spacial score (nSPS) is 13.1. The second-order valence-electron chi connectivity index (χ2n) is 20.6. The van der Waals surface area contributed by atoms with Crippen molar-refractivity contribution in [3.8, 4) is 0 Å². The van der Waals surface area contributed by atoms with E-state index in [2.05, 4.69) is 161 Å².